The average Bonchev–Trinajstić information content (AvgIpc) is 2.44. The molecule has 0 spiro atoms. The van der Waals surface area contributed by atoms with Crippen molar-refractivity contribution in [2.45, 2.75) is 26.9 Å². The Balaban J connectivity index is 2.76. The van der Waals surface area contributed by atoms with Crippen molar-refractivity contribution < 1.29 is 4.79 Å². The third kappa shape index (κ3) is 1.23. The maximum absolute atomic E-state index is 11.6. The minimum absolute atomic E-state index is 0.357. The molecule has 0 N–H and O–H groups in total. The summed E-state index contributed by atoms with van der Waals surface area (Å²) >= 11 is 0. The van der Waals surface area contributed by atoms with Gasteiger partial charge in [0.05, 0.1) is 0 Å². The molecular weight excluding hydrogens is 179 g/mol. The van der Waals surface area contributed by atoms with Crippen LogP contribution in [0.15, 0.2) is 6.07 Å². The monoisotopic (exact) mass is 192 g/mol. The number of benzene rings is 1. The molecule has 1 unspecified atom stereocenters. The van der Waals surface area contributed by atoms with Gasteiger partial charge in [0.25, 0.3) is 0 Å². The molecule has 2 heteroatoms. The number of hydrogen-bond donors (Lipinski definition) is 0. The van der Waals surface area contributed by atoms with Crippen LogP contribution in [0.1, 0.15) is 32.6 Å². The molecule has 1 nitrogen and oxygen atoms in total. The van der Waals surface area contributed by atoms with Gasteiger partial charge in [0.2, 0.25) is 0 Å². The molecule has 1 aromatic rings. The van der Waals surface area contributed by atoms with Crippen molar-refractivity contribution in [3.05, 3.63) is 33.9 Å². The fraction of sp³-hybridized carbons (Fsp3) is 0.364. The van der Waals surface area contributed by atoms with Crippen molar-refractivity contribution >= 4 is 14.1 Å². The summed E-state index contributed by atoms with van der Waals surface area (Å²) in [6.07, 6.45) is 0.975. The van der Waals surface area contributed by atoms with Crippen molar-refractivity contribution in [2.75, 3.05) is 0 Å². The second-order valence-electron chi connectivity index (χ2n) is 3.67. The maximum Gasteiger partial charge on any atom is 0.181 e. The third-order valence-corrected chi connectivity index (χ3v) is 3.93. The van der Waals surface area contributed by atoms with Gasteiger partial charge in [-0.1, -0.05) is 6.07 Å². The number of aryl methyl sites for hydroxylation is 2. The first-order chi connectivity index (χ1) is 6.11. The minimum atomic E-state index is 0.357. The van der Waals surface area contributed by atoms with E-state index in [1.54, 1.807) is 0 Å². The quantitative estimate of drug-likeness (QED) is 0.577. The van der Waals surface area contributed by atoms with Gasteiger partial charge in [-0.3, -0.25) is 4.79 Å². The molecule has 1 aromatic carbocycles. The average molecular weight is 192 g/mol. The second kappa shape index (κ2) is 2.92. The van der Waals surface area contributed by atoms with Gasteiger partial charge in [0.15, 0.2) is 5.52 Å². The first-order valence-corrected chi connectivity index (χ1v) is 5.70. The molecule has 0 saturated carbocycles. The summed E-state index contributed by atoms with van der Waals surface area (Å²) in [5.74, 6) is 0. The highest BCUT2D eigenvalue weighted by molar-refractivity contribution is 7.58. The number of hydrogen-bond acceptors (Lipinski definition) is 1. The molecule has 1 heterocycles. The zero-order valence-electron chi connectivity index (χ0n) is 8.19. The van der Waals surface area contributed by atoms with E-state index in [9.17, 15) is 4.79 Å². The SMILES string of the molecule is Cc1cc(C)c2c(c1C)CPC2=O. The van der Waals surface area contributed by atoms with E-state index >= 15 is 0 Å². The molecule has 13 heavy (non-hydrogen) atoms. The van der Waals surface area contributed by atoms with Crippen LogP contribution in [0.2, 0.25) is 0 Å². The van der Waals surface area contributed by atoms with Gasteiger partial charge < -0.3 is 0 Å². The zero-order valence-corrected chi connectivity index (χ0v) is 9.19. The first-order valence-electron chi connectivity index (χ1n) is 4.49. The second-order valence-corrected chi connectivity index (χ2v) is 4.83. The fourth-order valence-corrected chi connectivity index (χ4v) is 3.27. The molecular formula is C11H13OP. The summed E-state index contributed by atoms with van der Waals surface area (Å²) in [5.41, 5.74) is 6.47. The van der Waals surface area contributed by atoms with Crippen LogP contribution >= 0.6 is 8.58 Å². The fourth-order valence-electron chi connectivity index (χ4n) is 1.96. The van der Waals surface area contributed by atoms with Crippen molar-refractivity contribution in [1.29, 1.82) is 0 Å². The lowest BCUT2D eigenvalue weighted by Gasteiger charge is -2.09. The van der Waals surface area contributed by atoms with Crippen LogP contribution in [0.25, 0.3) is 0 Å². The van der Waals surface area contributed by atoms with E-state index in [2.05, 4.69) is 19.9 Å². The number of carbonyl (C=O) groups excluding carboxylic acids is 1. The zero-order chi connectivity index (χ0) is 9.59. The smallest absolute Gasteiger partial charge is 0.181 e. The van der Waals surface area contributed by atoms with Crippen LogP contribution in [0.4, 0.5) is 0 Å². The van der Waals surface area contributed by atoms with E-state index in [1.165, 1.54) is 16.7 Å². The molecule has 1 atom stereocenters. The van der Waals surface area contributed by atoms with Gasteiger partial charge in [0.1, 0.15) is 0 Å². The molecule has 0 aliphatic carbocycles. The van der Waals surface area contributed by atoms with E-state index in [-0.39, 0.29) is 0 Å². The van der Waals surface area contributed by atoms with Gasteiger partial charge in [-0.15, -0.1) is 0 Å². The Morgan fingerprint density at radius 2 is 1.92 bits per heavy atom. The van der Waals surface area contributed by atoms with Crippen LogP contribution in [-0.4, -0.2) is 5.52 Å². The summed E-state index contributed by atoms with van der Waals surface area (Å²) in [7, 11) is 0.470. The Bertz CT molecular complexity index is 394. The summed E-state index contributed by atoms with van der Waals surface area (Å²) < 4.78 is 0. The predicted octanol–water partition coefficient (Wildman–Crippen LogP) is 2.94. The van der Waals surface area contributed by atoms with Crippen LogP contribution < -0.4 is 0 Å². The van der Waals surface area contributed by atoms with Gasteiger partial charge in [-0.2, -0.15) is 0 Å². The van der Waals surface area contributed by atoms with Crippen molar-refractivity contribution in [3.8, 4) is 0 Å². The lowest BCUT2D eigenvalue weighted by molar-refractivity contribution is 0.108. The summed E-state index contributed by atoms with van der Waals surface area (Å²) in [6.45, 7) is 6.28. The normalized spacial score (nSPS) is 16.7. The third-order valence-electron chi connectivity index (χ3n) is 2.83. The lowest BCUT2D eigenvalue weighted by Crippen LogP contribution is -1.98. The van der Waals surface area contributed by atoms with Crippen molar-refractivity contribution in [3.63, 3.8) is 0 Å². The molecule has 1 aliphatic heterocycles. The Morgan fingerprint density at radius 3 is 2.62 bits per heavy atom. The van der Waals surface area contributed by atoms with Crippen LogP contribution in [0.3, 0.4) is 0 Å². The summed E-state index contributed by atoms with van der Waals surface area (Å²) in [5, 5.41) is 0. The largest absolute Gasteiger partial charge is 0.289 e. The molecule has 2 rings (SSSR count). The molecule has 0 radical (unpaired) electrons. The number of rotatable bonds is 0. The molecule has 0 saturated heterocycles. The molecule has 0 amide bonds. The minimum Gasteiger partial charge on any atom is -0.289 e. The standard InChI is InChI=1S/C11H13OP/c1-6-4-7(2)10-9(8(6)3)5-13-11(10)12/h4,13H,5H2,1-3H3. The Labute approximate surface area is 80.3 Å². The first kappa shape index (κ1) is 8.90. The Hall–Kier alpha value is -0.680. The van der Waals surface area contributed by atoms with Gasteiger partial charge in [-0.25, -0.2) is 0 Å². The number of fused-ring (bicyclic) bond motifs is 1. The van der Waals surface area contributed by atoms with Gasteiger partial charge >= 0.3 is 0 Å². The highest BCUT2D eigenvalue weighted by atomic mass is 31.1. The molecule has 0 bridgehead atoms. The van der Waals surface area contributed by atoms with E-state index in [1.807, 2.05) is 6.92 Å². The maximum atomic E-state index is 11.6. The lowest BCUT2D eigenvalue weighted by atomic mass is 9.95. The van der Waals surface area contributed by atoms with Crippen molar-refractivity contribution in [1.82, 2.24) is 0 Å². The number of carbonyl (C=O) groups is 1. The van der Waals surface area contributed by atoms with Crippen LogP contribution in [0, 0.1) is 20.8 Å². The van der Waals surface area contributed by atoms with E-state index in [0.717, 1.165) is 17.3 Å². The van der Waals surface area contributed by atoms with E-state index < -0.39 is 0 Å². The van der Waals surface area contributed by atoms with Crippen LogP contribution in [0.5, 0.6) is 0 Å². The molecule has 1 aliphatic rings. The van der Waals surface area contributed by atoms with E-state index in [4.69, 9.17) is 0 Å². The van der Waals surface area contributed by atoms with Crippen molar-refractivity contribution in [2.24, 2.45) is 0 Å². The molecule has 0 aromatic heterocycles. The van der Waals surface area contributed by atoms with E-state index in [0.29, 0.717) is 14.1 Å². The summed E-state index contributed by atoms with van der Waals surface area (Å²) in [4.78, 5) is 11.6. The Kier molecular flexibility index (Phi) is 2.00. The summed E-state index contributed by atoms with van der Waals surface area (Å²) in [6, 6.07) is 2.13. The topological polar surface area (TPSA) is 17.1 Å². The molecule has 0 fully saturated rings. The van der Waals surface area contributed by atoms with Gasteiger partial charge in [-0.05, 0) is 57.8 Å². The Morgan fingerprint density at radius 1 is 1.23 bits per heavy atom. The predicted molar refractivity (Wildman–Crippen MR) is 57.0 cm³/mol. The highest BCUT2D eigenvalue weighted by Gasteiger charge is 2.23. The van der Waals surface area contributed by atoms with Gasteiger partial charge in [0, 0.05) is 5.56 Å². The van der Waals surface area contributed by atoms with Crippen LogP contribution in [-0.2, 0) is 6.16 Å². The highest BCUT2D eigenvalue weighted by Crippen LogP contribution is 2.39. The molecule has 68 valence electrons.